The highest BCUT2D eigenvalue weighted by Gasteiger charge is 2.20. The topological polar surface area (TPSA) is 9.86 Å². The zero-order valence-corrected chi connectivity index (χ0v) is 30.7. The fourth-order valence-electron chi connectivity index (χ4n) is 8.88. The Bertz CT molecular complexity index is 3170. The van der Waals surface area contributed by atoms with Gasteiger partial charge < -0.3 is 9.13 Å². The molecule has 2 nitrogen and oxygen atoms in total. The van der Waals surface area contributed by atoms with E-state index in [1.165, 1.54) is 93.8 Å². The first-order chi connectivity index (χ1) is 27.8. The molecule has 0 spiro atoms. The fourth-order valence-corrected chi connectivity index (χ4v) is 8.88. The van der Waals surface area contributed by atoms with Crippen molar-refractivity contribution in [2.45, 2.75) is 0 Å². The number of rotatable bonds is 6. The molecular weight excluding hydrogens is 677 g/mol. The van der Waals surface area contributed by atoms with E-state index in [-0.39, 0.29) is 0 Å². The van der Waals surface area contributed by atoms with E-state index >= 15 is 0 Å². The molecule has 2 aromatic heterocycles. The molecule has 9 aromatic carbocycles. The summed E-state index contributed by atoms with van der Waals surface area (Å²) in [6, 6.07) is 79.4. The highest BCUT2D eigenvalue weighted by atomic mass is 15.0. The first-order valence-electron chi connectivity index (χ1n) is 19.3. The van der Waals surface area contributed by atoms with Gasteiger partial charge in [-0.15, -0.1) is 0 Å². The van der Waals surface area contributed by atoms with Gasteiger partial charge in [0.1, 0.15) is 0 Å². The average Bonchev–Trinajstić information content (AvgIpc) is 3.79. The van der Waals surface area contributed by atoms with Gasteiger partial charge in [-0.1, -0.05) is 170 Å². The van der Waals surface area contributed by atoms with E-state index in [1.807, 2.05) is 0 Å². The lowest BCUT2D eigenvalue weighted by Gasteiger charge is -2.17. The van der Waals surface area contributed by atoms with E-state index in [2.05, 4.69) is 228 Å². The molecule has 0 saturated carbocycles. The lowest BCUT2D eigenvalue weighted by atomic mass is 9.87. The Morgan fingerprint density at radius 1 is 0.250 bits per heavy atom. The van der Waals surface area contributed by atoms with E-state index in [0.717, 1.165) is 5.69 Å². The van der Waals surface area contributed by atoms with Gasteiger partial charge in [-0.05, 0) is 87.5 Å². The van der Waals surface area contributed by atoms with Crippen LogP contribution in [0.3, 0.4) is 0 Å². The minimum absolute atomic E-state index is 1.14. The van der Waals surface area contributed by atoms with Crippen molar-refractivity contribution in [1.82, 2.24) is 9.13 Å². The van der Waals surface area contributed by atoms with Gasteiger partial charge in [0, 0.05) is 32.8 Å². The molecular formula is C54H36N2. The molecule has 0 aliphatic heterocycles. The quantitative estimate of drug-likeness (QED) is 0.162. The van der Waals surface area contributed by atoms with Gasteiger partial charge in [0.15, 0.2) is 0 Å². The highest BCUT2D eigenvalue weighted by Crippen LogP contribution is 2.44. The zero-order chi connectivity index (χ0) is 37.0. The molecule has 2 heterocycles. The summed E-state index contributed by atoms with van der Waals surface area (Å²) in [5.41, 5.74) is 16.8. The summed E-state index contributed by atoms with van der Waals surface area (Å²) >= 11 is 0. The molecule has 0 aliphatic carbocycles. The largest absolute Gasteiger partial charge is 0.309 e. The van der Waals surface area contributed by atoms with Crippen LogP contribution in [0, 0.1) is 0 Å². The van der Waals surface area contributed by atoms with Crippen molar-refractivity contribution in [2.24, 2.45) is 0 Å². The number of hydrogen-bond acceptors (Lipinski definition) is 0. The molecule has 0 saturated heterocycles. The van der Waals surface area contributed by atoms with Gasteiger partial charge in [-0.25, -0.2) is 0 Å². The summed E-state index contributed by atoms with van der Waals surface area (Å²) in [4.78, 5) is 0. The molecule has 0 atom stereocenters. The third-order valence-electron chi connectivity index (χ3n) is 11.3. The van der Waals surface area contributed by atoms with E-state index < -0.39 is 0 Å². The molecule has 0 amide bonds. The summed E-state index contributed by atoms with van der Waals surface area (Å²) in [7, 11) is 0. The second kappa shape index (κ2) is 13.2. The molecule has 0 fully saturated rings. The zero-order valence-electron chi connectivity index (χ0n) is 30.7. The molecule has 56 heavy (non-hydrogen) atoms. The molecule has 0 aliphatic rings. The maximum atomic E-state index is 2.44. The van der Waals surface area contributed by atoms with Crippen LogP contribution < -0.4 is 0 Å². The number of para-hydroxylation sites is 3. The first kappa shape index (κ1) is 32.0. The van der Waals surface area contributed by atoms with Crippen LogP contribution in [0.15, 0.2) is 218 Å². The molecule has 0 N–H and O–H groups in total. The van der Waals surface area contributed by atoms with Crippen molar-refractivity contribution in [3.8, 4) is 55.9 Å². The molecule has 2 heteroatoms. The van der Waals surface area contributed by atoms with E-state index in [4.69, 9.17) is 0 Å². The van der Waals surface area contributed by atoms with Crippen molar-refractivity contribution in [3.05, 3.63) is 218 Å². The Kier molecular flexibility index (Phi) is 7.53. The summed E-state index contributed by atoms with van der Waals surface area (Å²) in [6.45, 7) is 0. The minimum atomic E-state index is 1.14. The van der Waals surface area contributed by atoms with E-state index in [1.54, 1.807) is 0 Å². The van der Waals surface area contributed by atoms with Crippen molar-refractivity contribution < 1.29 is 0 Å². The minimum Gasteiger partial charge on any atom is -0.309 e. The molecule has 0 radical (unpaired) electrons. The van der Waals surface area contributed by atoms with Crippen LogP contribution >= 0.6 is 0 Å². The molecule has 11 rings (SSSR count). The Morgan fingerprint density at radius 3 is 1.34 bits per heavy atom. The van der Waals surface area contributed by atoms with Gasteiger partial charge in [-0.2, -0.15) is 0 Å². The van der Waals surface area contributed by atoms with Crippen LogP contribution in [0.1, 0.15) is 0 Å². The average molecular weight is 713 g/mol. The van der Waals surface area contributed by atoms with Crippen LogP contribution in [0.2, 0.25) is 0 Å². The lowest BCUT2D eigenvalue weighted by Crippen LogP contribution is -1.98. The van der Waals surface area contributed by atoms with Crippen molar-refractivity contribution >= 4 is 43.6 Å². The van der Waals surface area contributed by atoms with Crippen LogP contribution in [0.5, 0.6) is 0 Å². The summed E-state index contributed by atoms with van der Waals surface area (Å²) in [5, 5.41) is 4.94. The lowest BCUT2D eigenvalue weighted by molar-refractivity contribution is 1.17. The Morgan fingerprint density at radius 2 is 0.696 bits per heavy atom. The van der Waals surface area contributed by atoms with Crippen LogP contribution in [0.25, 0.3) is 99.5 Å². The predicted octanol–water partition coefficient (Wildman–Crippen LogP) is 14.5. The number of hydrogen-bond donors (Lipinski definition) is 0. The first-order valence-corrected chi connectivity index (χ1v) is 19.3. The SMILES string of the molecule is c1ccc(-c2ccccc2-n2c3ccccc3c3cc(-n4c5ccccc5c5cc(-c6c(-c7ccccc7)cccc6-c6ccccc6)ccc54)ccc32)cc1. The number of aromatic nitrogens is 2. The Balaban J connectivity index is 1.13. The number of fused-ring (bicyclic) bond motifs is 6. The summed E-state index contributed by atoms with van der Waals surface area (Å²) < 4.78 is 4.88. The normalized spacial score (nSPS) is 11.6. The fraction of sp³-hybridized carbons (Fsp3) is 0. The van der Waals surface area contributed by atoms with Crippen molar-refractivity contribution in [3.63, 3.8) is 0 Å². The molecule has 11 aromatic rings. The maximum absolute atomic E-state index is 2.44. The van der Waals surface area contributed by atoms with Gasteiger partial charge in [0.05, 0.1) is 27.8 Å². The van der Waals surface area contributed by atoms with Gasteiger partial charge in [0.2, 0.25) is 0 Å². The van der Waals surface area contributed by atoms with Gasteiger partial charge >= 0.3 is 0 Å². The number of nitrogens with zero attached hydrogens (tertiary/aromatic N) is 2. The predicted molar refractivity (Wildman–Crippen MR) is 237 cm³/mol. The van der Waals surface area contributed by atoms with Crippen molar-refractivity contribution in [2.75, 3.05) is 0 Å². The van der Waals surface area contributed by atoms with Crippen LogP contribution in [-0.2, 0) is 0 Å². The van der Waals surface area contributed by atoms with Crippen LogP contribution in [0.4, 0.5) is 0 Å². The highest BCUT2D eigenvalue weighted by molar-refractivity contribution is 6.13. The third-order valence-corrected chi connectivity index (χ3v) is 11.3. The second-order valence-corrected chi connectivity index (χ2v) is 14.5. The molecule has 0 unspecified atom stereocenters. The van der Waals surface area contributed by atoms with Crippen LogP contribution in [-0.4, -0.2) is 9.13 Å². The monoisotopic (exact) mass is 712 g/mol. The third kappa shape index (κ3) is 5.11. The van der Waals surface area contributed by atoms with Gasteiger partial charge in [0.25, 0.3) is 0 Å². The molecule has 262 valence electrons. The Labute approximate surface area is 325 Å². The van der Waals surface area contributed by atoms with E-state index in [0.29, 0.717) is 0 Å². The van der Waals surface area contributed by atoms with Crippen molar-refractivity contribution in [1.29, 1.82) is 0 Å². The number of benzene rings is 9. The standard InChI is InChI=1S/C54H36N2/c1-4-17-37(18-5-1)42-23-10-13-28-49(42)56-51-30-15-12-25-46(51)48-36-41(32-34-53(48)56)55-50-29-14-11-24-45(50)47-35-40(31-33-52(47)55)54-43(38-19-6-2-7-20-38)26-16-27-44(54)39-21-8-3-9-22-39/h1-36H. The summed E-state index contributed by atoms with van der Waals surface area (Å²) in [6.07, 6.45) is 0. The maximum Gasteiger partial charge on any atom is 0.0542 e. The smallest absolute Gasteiger partial charge is 0.0542 e. The summed E-state index contributed by atoms with van der Waals surface area (Å²) in [5.74, 6) is 0. The van der Waals surface area contributed by atoms with E-state index in [9.17, 15) is 0 Å². The van der Waals surface area contributed by atoms with Gasteiger partial charge in [-0.3, -0.25) is 0 Å². The molecule has 0 bridgehead atoms. The second-order valence-electron chi connectivity index (χ2n) is 14.5. The Hall–Kier alpha value is -7.42.